The van der Waals surface area contributed by atoms with Crippen LogP contribution in [0.15, 0.2) is 48.5 Å². The summed E-state index contributed by atoms with van der Waals surface area (Å²) in [4.78, 5) is 28.6. The summed E-state index contributed by atoms with van der Waals surface area (Å²) in [5.74, 6) is -0.280. The zero-order valence-corrected chi connectivity index (χ0v) is 14.3. The molecule has 1 fully saturated rings. The molecule has 0 aliphatic carbocycles. The van der Waals surface area contributed by atoms with E-state index in [4.69, 9.17) is 5.26 Å². The van der Waals surface area contributed by atoms with Crippen molar-refractivity contribution in [3.63, 3.8) is 0 Å². The van der Waals surface area contributed by atoms with Gasteiger partial charge in [0.25, 0.3) is 5.91 Å². The minimum atomic E-state index is -0.186. The van der Waals surface area contributed by atoms with E-state index in [0.717, 1.165) is 11.3 Å². The Morgan fingerprint density at radius 2 is 1.76 bits per heavy atom. The van der Waals surface area contributed by atoms with Crippen LogP contribution in [0.4, 0.5) is 5.69 Å². The second kappa shape index (κ2) is 6.78. The molecule has 1 atom stereocenters. The van der Waals surface area contributed by atoms with Crippen LogP contribution in [0.5, 0.6) is 0 Å². The van der Waals surface area contributed by atoms with E-state index in [1.165, 1.54) is 0 Å². The Hall–Kier alpha value is -3.13. The number of carbonyl (C=O) groups is 2. The van der Waals surface area contributed by atoms with E-state index in [1.54, 1.807) is 34.1 Å². The van der Waals surface area contributed by atoms with Crippen molar-refractivity contribution in [1.29, 1.82) is 5.26 Å². The van der Waals surface area contributed by atoms with Gasteiger partial charge >= 0.3 is 0 Å². The van der Waals surface area contributed by atoms with Gasteiger partial charge in [-0.3, -0.25) is 9.59 Å². The van der Waals surface area contributed by atoms with Crippen molar-refractivity contribution in [2.24, 2.45) is 0 Å². The molecule has 0 N–H and O–H groups in total. The Morgan fingerprint density at radius 1 is 1.12 bits per heavy atom. The van der Waals surface area contributed by atoms with Crippen LogP contribution in [0.3, 0.4) is 0 Å². The smallest absolute Gasteiger partial charge is 0.254 e. The third-order valence-corrected chi connectivity index (χ3v) is 4.45. The van der Waals surface area contributed by atoms with Gasteiger partial charge in [-0.25, -0.2) is 0 Å². The summed E-state index contributed by atoms with van der Waals surface area (Å²) in [6.45, 7) is 4.45. The number of benzene rings is 2. The molecule has 0 radical (unpaired) electrons. The van der Waals surface area contributed by atoms with Crippen molar-refractivity contribution in [1.82, 2.24) is 4.90 Å². The number of hydrogen-bond acceptors (Lipinski definition) is 3. The molecule has 25 heavy (non-hydrogen) atoms. The van der Waals surface area contributed by atoms with Crippen molar-refractivity contribution in [3.05, 3.63) is 65.2 Å². The molecule has 0 saturated carbocycles. The minimum absolute atomic E-state index is 0.0495. The van der Waals surface area contributed by atoms with Gasteiger partial charge in [0.1, 0.15) is 6.54 Å². The van der Waals surface area contributed by atoms with Crippen molar-refractivity contribution >= 4 is 17.5 Å². The van der Waals surface area contributed by atoms with Crippen molar-refractivity contribution in [3.8, 4) is 6.07 Å². The number of rotatable bonds is 2. The summed E-state index contributed by atoms with van der Waals surface area (Å²) < 4.78 is 0. The number of aryl methyl sites for hydroxylation is 1. The van der Waals surface area contributed by atoms with Gasteiger partial charge in [0.15, 0.2) is 0 Å². The van der Waals surface area contributed by atoms with Crippen LogP contribution in [0.25, 0.3) is 0 Å². The van der Waals surface area contributed by atoms with E-state index in [2.05, 4.69) is 0 Å². The highest BCUT2D eigenvalue weighted by Crippen LogP contribution is 2.22. The predicted molar refractivity (Wildman–Crippen MR) is 95.2 cm³/mol. The summed E-state index contributed by atoms with van der Waals surface area (Å²) in [5, 5.41) is 8.85. The third kappa shape index (κ3) is 3.38. The molecule has 5 nitrogen and oxygen atoms in total. The third-order valence-electron chi connectivity index (χ3n) is 4.45. The van der Waals surface area contributed by atoms with Crippen LogP contribution in [-0.2, 0) is 4.79 Å². The first-order valence-electron chi connectivity index (χ1n) is 8.18. The van der Waals surface area contributed by atoms with E-state index in [1.807, 2.05) is 44.2 Å². The largest absolute Gasteiger partial charge is 0.325 e. The maximum atomic E-state index is 12.7. The predicted octanol–water partition coefficient (Wildman–Crippen LogP) is 2.74. The molecule has 1 heterocycles. The fourth-order valence-electron chi connectivity index (χ4n) is 2.95. The standard InChI is InChI=1S/C20H19N3O2/c1-14-3-9-18(10-4-14)23-12-15(2)22(13-19(23)24)20(25)17-7-5-16(11-21)6-8-17/h3-10,15H,12-13H2,1-2H3/t15-/m0/s1. The number of nitrogens with zero attached hydrogens (tertiary/aromatic N) is 3. The molecular formula is C20H19N3O2. The maximum absolute atomic E-state index is 12.7. The molecule has 2 aromatic rings. The van der Waals surface area contributed by atoms with Gasteiger partial charge < -0.3 is 9.80 Å². The van der Waals surface area contributed by atoms with Gasteiger partial charge in [-0.15, -0.1) is 0 Å². The normalized spacial score (nSPS) is 17.3. The Morgan fingerprint density at radius 3 is 2.36 bits per heavy atom. The van der Waals surface area contributed by atoms with Gasteiger partial charge in [0.05, 0.1) is 11.6 Å². The summed E-state index contributed by atoms with van der Waals surface area (Å²) in [6.07, 6.45) is 0. The molecule has 0 bridgehead atoms. The molecule has 3 rings (SSSR count). The molecule has 0 unspecified atom stereocenters. The molecule has 5 heteroatoms. The fraction of sp³-hybridized carbons (Fsp3) is 0.250. The first kappa shape index (κ1) is 16.7. The molecule has 2 aromatic carbocycles. The van der Waals surface area contributed by atoms with E-state index in [0.29, 0.717) is 17.7 Å². The quantitative estimate of drug-likeness (QED) is 0.849. The van der Waals surface area contributed by atoms with Gasteiger partial charge in [-0.05, 0) is 50.2 Å². The van der Waals surface area contributed by atoms with Gasteiger partial charge in [0, 0.05) is 23.8 Å². The lowest BCUT2D eigenvalue weighted by Gasteiger charge is -2.39. The highest BCUT2D eigenvalue weighted by Gasteiger charge is 2.33. The summed E-state index contributed by atoms with van der Waals surface area (Å²) in [7, 11) is 0. The zero-order chi connectivity index (χ0) is 18.0. The highest BCUT2D eigenvalue weighted by atomic mass is 16.2. The Balaban J connectivity index is 1.77. The highest BCUT2D eigenvalue weighted by molar-refractivity contribution is 6.02. The van der Waals surface area contributed by atoms with E-state index < -0.39 is 0 Å². The van der Waals surface area contributed by atoms with Crippen LogP contribution in [0.2, 0.25) is 0 Å². The topological polar surface area (TPSA) is 64.4 Å². The van der Waals surface area contributed by atoms with E-state index in [-0.39, 0.29) is 24.4 Å². The van der Waals surface area contributed by atoms with Gasteiger partial charge in [-0.1, -0.05) is 17.7 Å². The molecule has 126 valence electrons. The molecule has 1 saturated heterocycles. The van der Waals surface area contributed by atoms with Gasteiger partial charge in [-0.2, -0.15) is 5.26 Å². The lowest BCUT2D eigenvalue weighted by molar-refractivity contribution is -0.121. The average Bonchev–Trinajstić information content (AvgIpc) is 2.63. The van der Waals surface area contributed by atoms with E-state index in [9.17, 15) is 9.59 Å². The first-order chi connectivity index (χ1) is 12.0. The number of hydrogen-bond donors (Lipinski definition) is 0. The number of nitriles is 1. The molecule has 1 aliphatic rings. The van der Waals surface area contributed by atoms with Crippen LogP contribution in [0.1, 0.15) is 28.4 Å². The van der Waals surface area contributed by atoms with E-state index >= 15 is 0 Å². The Labute approximate surface area is 147 Å². The van der Waals surface area contributed by atoms with Crippen LogP contribution in [0, 0.1) is 18.3 Å². The lowest BCUT2D eigenvalue weighted by Crippen LogP contribution is -2.57. The number of anilines is 1. The summed E-state index contributed by atoms with van der Waals surface area (Å²) >= 11 is 0. The fourth-order valence-corrected chi connectivity index (χ4v) is 2.95. The molecule has 0 spiro atoms. The summed E-state index contributed by atoms with van der Waals surface area (Å²) in [6, 6.07) is 16.2. The molecular weight excluding hydrogens is 314 g/mol. The maximum Gasteiger partial charge on any atom is 0.254 e. The van der Waals surface area contributed by atoms with Crippen LogP contribution < -0.4 is 4.90 Å². The van der Waals surface area contributed by atoms with Gasteiger partial charge in [0.2, 0.25) is 5.91 Å². The second-order valence-electron chi connectivity index (χ2n) is 6.31. The van der Waals surface area contributed by atoms with Crippen molar-refractivity contribution in [2.75, 3.05) is 18.0 Å². The van der Waals surface area contributed by atoms with Crippen molar-refractivity contribution < 1.29 is 9.59 Å². The Kier molecular flexibility index (Phi) is 4.53. The molecule has 2 amide bonds. The first-order valence-corrected chi connectivity index (χ1v) is 8.18. The SMILES string of the molecule is Cc1ccc(N2C[C@H](C)N(C(=O)c3ccc(C#N)cc3)CC2=O)cc1. The van der Waals surface area contributed by atoms with Crippen molar-refractivity contribution in [2.45, 2.75) is 19.9 Å². The summed E-state index contributed by atoms with van der Waals surface area (Å²) in [5.41, 5.74) is 2.99. The number of amides is 2. The lowest BCUT2D eigenvalue weighted by atomic mass is 10.1. The minimum Gasteiger partial charge on any atom is -0.325 e. The zero-order valence-electron chi connectivity index (χ0n) is 14.3. The second-order valence-corrected chi connectivity index (χ2v) is 6.31. The average molecular weight is 333 g/mol. The van der Waals surface area contributed by atoms with Crippen LogP contribution in [-0.4, -0.2) is 35.8 Å². The number of piperazine rings is 1. The molecule has 0 aromatic heterocycles. The molecule has 1 aliphatic heterocycles. The van der Waals surface area contributed by atoms with Crippen LogP contribution >= 0.6 is 0 Å². The number of carbonyl (C=O) groups excluding carboxylic acids is 2. The monoisotopic (exact) mass is 333 g/mol. The Bertz CT molecular complexity index is 835.